The summed E-state index contributed by atoms with van der Waals surface area (Å²) >= 11 is 0. The van der Waals surface area contributed by atoms with Gasteiger partial charge in [0, 0.05) is 58.3 Å². The van der Waals surface area contributed by atoms with Gasteiger partial charge < -0.3 is 25.0 Å². The molecule has 2 amide bonds. The van der Waals surface area contributed by atoms with Gasteiger partial charge in [-0.2, -0.15) is 0 Å². The monoisotopic (exact) mass is 427 g/mol. The van der Waals surface area contributed by atoms with Crippen LogP contribution in [-0.4, -0.2) is 89.2 Å². The van der Waals surface area contributed by atoms with E-state index in [1.54, 1.807) is 63.8 Å². The molecule has 1 aliphatic rings. The first-order valence-electron chi connectivity index (χ1n) is 8.14. The first-order valence-corrected chi connectivity index (χ1v) is 8.14. The second-order valence-electron chi connectivity index (χ2n) is 8.42. The van der Waals surface area contributed by atoms with Gasteiger partial charge in [-0.05, 0) is 62.2 Å². The van der Waals surface area contributed by atoms with Crippen molar-refractivity contribution in [2.75, 3.05) is 35.2 Å². The van der Waals surface area contributed by atoms with Crippen LogP contribution < -0.4 is 0 Å². The molecule has 1 atom stereocenters. The summed E-state index contributed by atoms with van der Waals surface area (Å²) in [6, 6.07) is 0. The van der Waals surface area contributed by atoms with Gasteiger partial charge in [-0.1, -0.05) is 0 Å². The summed E-state index contributed by atoms with van der Waals surface area (Å²) in [5.41, 5.74) is -2.43. The molecule has 0 aliphatic carbocycles. The standard InChI is InChI=1S/C17H32N5O2.Y/c1-15(2)11-17(5,21(10)14(18)20(8)9)13(24)22(15)16(3,4)12(23)19(6)7;/h11H2,1-10H3;/q-1;. The van der Waals surface area contributed by atoms with Crippen LogP contribution in [0, 0.1) is 0 Å². The quantitative estimate of drug-likeness (QED) is 0.499. The molecule has 0 aromatic rings. The van der Waals surface area contributed by atoms with Crippen molar-refractivity contribution in [1.29, 1.82) is 0 Å². The van der Waals surface area contributed by atoms with Crippen molar-refractivity contribution in [3.63, 3.8) is 0 Å². The third-order valence-corrected chi connectivity index (χ3v) is 4.97. The Hall–Kier alpha value is -0.686. The van der Waals surface area contributed by atoms with Gasteiger partial charge in [0.15, 0.2) is 0 Å². The average molecular weight is 427 g/mol. The molecule has 1 rings (SSSR count). The molecule has 7 nitrogen and oxygen atoms in total. The molecule has 0 aromatic carbocycles. The van der Waals surface area contributed by atoms with Gasteiger partial charge in [0.2, 0.25) is 11.8 Å². The van der Waals surface area contributed by atoms with E-state index in [9.17, 15) is 15.0 Å². The Morgan fingerprint density at radius 2 is 1.52 bits per heavy atom. The van der Waals surface area contributed by atoms with E-state index in [0.29, 0.717) is 6.42 Å². The Morgan fingerprint density at radius 1 is 1.08 bits per heavy atom. The second kappa shape index (κ2) is 7.51. The van der Waals surface area contributed by atoms with Crippen molar-refractivity contribution in [1.82, 2.24) is 19.6 Å². The zero-order chi connectivity index (χ0) is 19.2. The minimum atomic E-state index is -0.976. The van der Waals surface area contributed by atoms with Gasteiger partial charge in [-0.15, -0.1) is 0 Å². The SMILES string of the molecule is CN(C)C(=[N-])N(C)C1(C)CC(C)(C)N(C(C)(C)C(=O)N(C)C)C1=O.[Y]. The molecule has 1 saturated heterocycles. The molecule has 0 saturated carbocycles. The molecule has 0 aromatic heterocycles. The van der Waals surface area contributed by atoms with E-state index in [2.05, 4.69) is 0 Å². The summed E-state index contributed by atoms with van der Waals surface area (Å²) in [5, 5.41) is 10.3. The molecular formula is C17H32N5O2Y-. The van der Waals surface area contributed by atoms with E-state index in [1.165, 1.54) is 4.90 Å². The van der Waals surface area contributed by atoms with Crippen LogP contribution >= 0.6 is 0 Å². The number of hydrogen-bond donors (Lipinski definition) is 0. The Labute approximate surface area is 177 Å². The summed E-state index contributed by atoms with van der Waals surface area (Å²) in [4.78, 5) is 32.3. The number of guanidine groups is 1. The second-order valence-corrected chi connectivity index (χ2v) is 8.42. The van der Waals surface area contributed by atoms with Crippen molar-refractivity contribution in [2.24, 2.45) is 0 Å². The maximum atomic E-state index is 13.4. The molecule has 1 fully saturated rings. The number of nitrogens with zero attached hydrogens (tertiary/aromatic N) is 5. The van der Waals surface area contributed by atoms with Crippen molar-refractivity contribution >= 4 is 17.8 Å². The Kier molecular flexibility index (Phi) is 7.30. The molecule has 1 heterocycles. The fourth-order valence-electron chi connectivity index (χ4n) is 3.95. The zero-order valence-electron chi connectivity index (χ0n) is 17.3. The van der Waals surface area contributed by atoms with Crippen LogP contribution in [0.15, 0.2) is 0 Å². The summed E-state index contributed by atoms with van der Waals surface area (Å²) < 4.78 is 0. The zero-order valence-corrected chi connectivity index (χ0v) is 20.2. The Morgan fingerprint density at radius 3 is 1.88 bits per heavy atom. The fourth-order valence-corrected chi connectivity index (χ4v) is 3.95. The number of carbonyl (C=O) groups excluding carboxylic acids is 2. The minimum absolute atomic E-state index is 0. The van der Waals surface area contributed by atoms with Crippen molar-refractivity contribution in [3.8, 4) is 0 Å². The van der Waals surface area contributed by atoms with E-state index >= 15 is 0 Å². The predicted molar refractivity (Wildman–Crippen MR) is 96.5 cm³/mol. The van der Waals surface area contributed by atoms with Crippen LogP contribution in [0.1, 0.15) is 41.0 Å². The molecular weight excluding hydrogens is 395 g/mol. The van der Waals surface area contributed by atoms with Crippen molar-refractivity contribution in [3.05, 3.63) is 5.41 Å². The van der Waals surface area contributed by atoms with Gasteiger partial charge in [0.1, 0.15) is 5.54 Å². The number of likely N-dealkylation sites (tertiary alicyclic amines) is 1. The number of hydrogen-bond acceptors (Lipinski definition) is 2. The van der Waals surface area contributed by atoms with Gasteiger partial charge in [0.25, 0.3) is 0 Å². The van der Waals surface area contributed by atoms with Crippen molar-refractivity contribution < 1.29 is 42.3 Å². The van der Waals surface area contributed by atoms with E-state index in [-0.39, 0.29) is 50.5 Å². The minimum Gasteiger partial charge on any atom is -0.432 e. The average Bonchev–Trinajstić information content (AvgIpc) is 2.62. The van der Waals surface area contributed by atoms with E-state index in [4.69, 9.17) is 0 Å². The number of likely N-dealkylation sites (N-methyl/N-ethyl adjacent to an activating group) is 2. The fraction of sp³-hybridized carbons (Fsp3) is 0.824. The van der Waals surface area contributed by atoms with Crippen LogP contribution in [0.4, 0.5) is 0 Å². The third-order valence-electron chi connectivity index (χ3n) is 4.97. The topological polar surface area (TPSA) is 69.4 Å². The molecule has 0 N–H and O–H groups in total. The molecule has 0 bridgehead atoms. The molecule has 1 unspecified atom stereocenters. The molecule has 1 radical (unpaired) electrons. The van der Waals surface area contributed by atoms with E-state index in [0.717, 1.165) is 0 Å². The van der Waals surface area contributed by atoms with Gasteiger partial charge in [-0.25, -0.2) is 0 Å². The van der Waals surface area contributed by atoms with E-state index < -0.39 is 16.6 Å². The van der Waals surface area contributed by atoms with Crippen LogP contribution in [0.2, 0.25) is 0 Å². The Bertz CT molecular complexity index is 559. The third kappa shape index (κ3) is 4.02. The maximum absolute atomic E-state index is 13.4. The van der Waals surface area contributed by atoms with Gasteiger partial charge in [0.05, 0.1) is 5.54 Å². The van der Waals surface area contributed by atoms with Crippen LogP contribution in [-0.2, 0) is 42.3 Å². The first kappa shape index (κ1) is 24.3. The van der Waals surface area contributed by atoms with E-state index in [1.807, 2.05) is 20.8 Å². The normalized spacial score (nSPS) is 22.3. The number of amides is 2. The largest absolute Gasteiger partial charge is 0.432 e. The van der Waals surface area contributed by atoms with Crippen LogP contribution in [0.5, 0.6) is 0 Å². The molecule has 25 heavy (non-hydrogen) atoms. The number of rotatable bonds is 3. The summed E-state index contributed by atoms with van der Waals surface area (Å²) in [7, 11) is 8.52. The molecule has 0 spiro atoms. The summed E-state index contributed by atoms with van der Waals surface area (Å²) in [5.74, 6) is -0.277. The predicted octanol–water partition coefficient (Wildman–Crippen LogP) is 1.04. The summed E-state index contributed by atoms with van der Waals surface area (Å²) in [6.07, 6.45) is 0.497. The maximum Gasteiger partial charge on any atom is 0.247 e. The smallest absolute Gasteiger partial charge is 0.247 e. The Balaban J connectivity index is 0.00000576. The van der Waals surface area contributed by atoms with Crippen molar-refractivity contribution in [2.45, 2.75) is 57.7 Å². The number of carbonyl (C=O) groups is 2. The van der Waals surface area contributed by atoms with Crippen LogP contribution in [0.3, 0.4) is 0 Å². The molecule has 1 aliphatic heterocycles. The van der Waals surface area contributed by atoms with Gasteiger partial charge in [-0.3, -0.25) is 9.59 Å². The summed E-state index contributed by atoms with van der Waals surface area (Å²) in [6.45, 7) is 9.28. The molecule has 8 heteroatoms. The van der Waals surface area contributed by atoms with Gasteiger partial charge >= 0.3 is 0 Å². The molecule has 141 valence electrons. The first-order chi connectivity index (χ1) is 10.6. The van der Waals surface area contributed by atoms with Crippen LogP contribution in [0.25, 0.3) is 5.41 Å².